The summed E-state index contributed by atoms with van der Waals surface area (Å²) in [7, 11) is 5.96. The SMILES string of the molecule is CCCCCCCCCC/C=C\CCCCCCCCCCCCCCCCCCCCCCCCCCCC(=O)OCC(COC(OCC[N+](C)(C)C)C(=O)[O-])OC(=O)CCCCCCCCCCCCCCCCCCCCCCCCCCC/C=C\CCCCCCCCCC. The van der Waals surface area contributed by atoms with Gasteiger partial charge in [0, 0.05) is 12.8 Å². The lowest BCUT2D eigenvalue weighted by atomic mass is 10.0. The maximum Gasteiger partial charge on any atom is 0.306 e. The van der Waals surface area contributed by atoms with Crippen molar-refractivity contribution in [3.05, 3.63) is 24.3 Å². The van der Waals surface area contributed by atoms with Gasteiger partial charge in [0.2, 0.25) is 0 Å². The van der Waals surface area contributed by atoms with Crippen LogP contribution in [0.1, 0.15) is 476 Å². The summed E-state index contributed by atoms with van der Waals surface area (Å²) in [5.41, 5.74) is 0. The Bertz CT molecular complexity index is 1680. The highest BCUT2D eigenvalue weighted by Crippen LogP contribution is 2.21. The van der Waals surface area contributed by atoms with E-state index < -0.39 is 24.3 Å². The molecule has 0 aromatic rings. The van der Waals surface area contributed by atoms with Gasteiger partial charge in [-0.15, -0.1) is 0 Å². The molecule has 0 saturated carbocycles. The van der Waals surface area contributed by atoms with Crippen molar-refractivity contribution in [2.45, 2.75) is 489 Å². The first-order valence-electron chi connectivity index (χ1n) is 44.5. The van der Waals surface area contributed by atoms with Gasteiger partial charge >= 0.3 is 11.9 Å². The number of nitrogens with zero attached hydrogens (tertiary/aromatic N) is 1. The fraction of sp³-hybridized carbons (Fsp3) is 0.922. The maximum absolute atomic E-state index is 13.0. The Morgan fingerprint density at radius 2 is 0.515 bits per heavy atom. The molecule has 0 aliphatic heterocycles. The van der Waals surface area contributed by atoms with Crippen LogP contribution < -0.4 is 5.11 Å². The van der Waals surface area contributed by atoms with Crippen LogP contribution in [0.3, 0.4) is 0 Å². The summed E-state index contributed by atoms with van der Waals surface area (Å²) < 4.78 is 22.9. The van der Waals surface area contributed by atoms with Crippen molar-refractivity contribution >= 4 is 17.9 Å². The zero-order chi connectivity index (χ0) is 71.8. The number of carbonyl (C=O) groups excluding carboxylic acids is 3. The number of hydrogen-bond donors (Lipinski definition) is 0. The predicted molar refractivity (Wildman–Crippen MR) is 426 cm³/mol. The van der Waals surface area contributed by atoms with Gasteiger partial charge in [0.1, 0.15) is 13.2 Å². The summed E-state index contributed by atoms with van der Waals surface area (Å²) in [5.74, 6) is -2.24. The van der Waals surface area contributed by atoms with Crippen molar-refractivity contribution in [1.82, 2.24) is 0 Å². The van der Waals surface area contributed by atoms with Crippen LogP contribution in [0.5, 0.6) is 0 Å². The summed E-state index contributed by atoms with van der Waals surface area (Å²) >= 11 is 0. The summed E-state index contributed by atoms with van der Waals surface area (Å²) in [5, 5.41) is 11.9. The Balaban J connectivity index is 3.89. The first-order valence-corrected chi connectivity index (χ1v) is 44.5. The highest BCUT2D eigenvalue weighted by molar-refractivity contribution is 5.70. The number of rotatable bonds is 85. The smallest absolute Gasteiger partial charge is 0.306 e. The topological polar surface area (TPSA) is 111 Å². The van der Waals surface area contributed by atoms with E-state index in [-0.39, 0.29) is 32.2 Å². The molecule has 0 saturated heterocycles. The van der Waals surface area contributed by atoms with Gasteiger partial charge in [-0.2, -0.15) is 0 Å². The Morgan fingerprint density at radius 1 is 0.293 bits per heavy atom. The lowest BCUT2D eigenvalue weighted by Gasteiger charge is -2.26. The molecule has 0 aromatic carbocycles. The Morgan fingerprint density at radius 3 is 0.747 bits per heavy atom. The molecule has 586 valence electrons. The molecule has 0 fully saturated rings. The third kappa shape index (κ3) is 82.9. The molecule has 0 aliphatic rings. The van der Waals surface area contributed by atoms with Crippen molar-refractivity contribution in [3.63, 3.8) is 0 Å². The lowest BCUT2D eigenvalue weighted by molar-refractivity contribution is -0.870. The first-order chi connectivity index (χ1) is 48.6. The molecule has 0 aliphatic carbocycles. The number of allylic oxidation sites excluding steroid dienone is 4. The number of quaternary nitrogens is 1. The normalized spacial score (nSPS) is 12.6. The molecule has 9 nitrogen and oxygen atoms in total. The van der Waals surface area contributed by atoms with E-state index in [9.17, 15) is 19.5 Å². The van der Waals surface area contributed by atoms with Crippen molar-refractivity contribution in [2.75, 3.05) is 47.5 Å². The minimum absolute atomic E-state index is 0.152. The average molecular weight is 1400 g/mol. The van der Waals surface area contributed by atoms with Crippen LogP contribution in [0, 0.1) is 0 Å². The monoisotopic (exact) mass is 1400 g/mol. The number of likely N-dealkylation sites (N-methyl/N-ethyl adjacent to an activating group) is 1. The zero-order valence-corrected chi connectivity index (χ0v) is 67.4. The van der Waals surface area contributed by atoms with Gasteiger partial charge in [-0.1, -0.05) is 423 Å². The third-order valence-electron chi connectivity index (χ3n) is 20.7. The molecule has 2 unspecified atom stereocenters. The van der Waals surface area contributed by atoms with Crippen LogP contribution >= 0.6 is 0 Å². The predicted octanol–water partition coefficient (Wildman–Crippen LogP) is 27.5. The third-order valence-corrected chi connectivity index (χ3v) is 20.7. The Labute approximate surface area is 618 Å². The van der Waals surface area contributed by atoms with Gasteiger partial charge in [-0.05, 0) is 64.2 Å². The Hall–Kier alpha value is -2.23. The second kappa shape index (κ2) is 81.4. The fourth-order valence-corrected chi connectivity index (χ4v) is 13.9. The number of carboxylic acids is 1. The van der Waals surface area contributed by atoms with Gasteiger partial charge in [0.25, 0.3) is 0 Å². The molecule has 0 spiro atoms. The minimum atomic E-state index is -1.62. The summed E-state index contributed by atoms with van der Waals surface area (Å²) in [6, 6.07) is 0. The van der Waals surface area contributed by atoms with Crippen LogP contribution in [-0.4, -0.2) is 82.3 Å². The van der Waals surface area contributed by atoms with Gasteiger partial charge in [0.15, 0.2) is 12.4 Å². The van der Waals surface area contributed by atoms with E-state index in [0.717, 1.165) is 38.5 Å². The van der Waals surface area contributed by atoms with Crippen LogP contribution in [0.2, 0.25) is 0 Å². The molecule has 99 heavy (non-hydrogen) atoms. The standard InChI is InChI=1S/C90H173NO8/c1-6-8-10-12-14-16-18-20-22-24-26-28-30-32-34-36-38-40-42-44-46-48-50-52-54-56-58-60-62-64-66-68-70-72-74-76-78-80-87(92)97-84-86(85-98-90(89(94)95)96-83-82-91(3,4)5)99-88(93)81-79-77-75-73-71-69-67-65-63-61-59-57-55-53-51-49-47-45-43-41-39-37-35-33-31-29-27-25-23-21-19-17-15-13-11-9-7-2/h24-27,86,90H,6-23,28-85H2,1-5H3/b26-24-,27-25-. The van der Waals surface area contributed by atoms with E-state index >= 15 is 0 Å². The highest BCUT2D eigenvalue weighted by atomic mass is 16.7. The number of ether oxygens (including phenoxy) is 4. The van der Waals surface area contributed by atoms with E-state index in [1.165, 1.54) is 411 Å². The van der Waals surface area contributed by atoms with Crippen molar-refractivity contribution in [2.24, 2.45) is 0 Å². The lowest BCUT2D eigenvalue weighted by Crippen LogP contribution is -2.44. The number of unbranched alkanes of at least 4 members (excludes halogenated alkanes) is 66. The number of aliphatic carboxylic acids is 1. The van der Waals surface area contributed by atoms with E-state index in [2.05, 4.69) is 38.2 Å². The molecule has 0 heterocycles. The highest BCUT2D eigenvalue weighted by Gasteiger charge is 2.22. The van der Waals surface area contributed by atoms with Crippen molar-refractivity contribution in [1.29, 1.82) is 0 Å². The van der Waals surface area contributed by atoms with Gasteiger partial charge in [0.05, 0.1) is 40.3 Å². The van der Waals surface area contributed by atoms with Crippen LogP contribution in [-0.2, 0) is 33.3 Å². The minimum Gasteiger partial charge on any atom is -0.545 e. The molecule has 0 amide bonds. The molecular weight excluding hydrogens is 1220 g/mol. The quantitative estimate of drug-likeness (QED) is 0.0195. The summed E-state index contributed by atoms with van der Waals surface area (Å²) in [4.78, 5) is 37.7. The summed E-state index contributed by atoms with van der Waals surface area (Å²) in [6.07, 6.45) is 102. The van der Waals surface area contributed by atoms with E-state index in [0.29, 0.717) is 17.4 Å². The van der Waals surface area contributed by atoms with Crippen LogP contribution in [0.15, 0.2) is 24.3 Å². The van der Waals surface area contributed by atoms with E-state index in [1.54, 1.807) is 0 Å². The van der Waals surface area contributed by atoms with Gasteiger partial charge in [-0.3, -0.25) is 9.59 Å². The maximum atomic E-state index is 13.0. The molecule has 0 rings (SSSR count). The van der Waals surface area contributed by atoms with Crippen molar-refractivity contribution in [3.8, 4) is 0 Å². The zero-order valence-electron chi connectivity index (χ0n) is 67.4. The number of carboxylic acid groups (broad SMARTS) is 1. The summed E-state index contributed by atoms with van der Waals surface area (Å²) in [6.45, 7) is 4.84. The van der Waals surface area contributed by atoms with Gasteiger partial charge < -0.3 is 33.3 Å². The number of carbonyl (C=O) groups is 3. The Kier molecular flexibility index (Phi) is 79.6. The average Bonchev–Trinajstić information content (AvgIpc) is 1.41. The molecule has 0 radical (unpaired) electrons. The fourth-order valence-electron chi connectivity index (χ4n) is 13.9. The molecule has 9 heteroatoms. The van der Waals surface area contributed by atoms with Gasteiger partial charge in [-0.25, -0.2) is 0 Å². The second-order valence-electron chi connectivity index (χ2n) is 31.9. The first kappa shape index (κ1) is 96.8. The molecule has 2 atom stereocenters. The number of esters is 2. The van der Waals surface area contributed by atoms with Crippen LogP contribution in [0.4, 0.5) is 0 Å². The van der Waals surface area contributed by atoms with E-state index in [4.69, 9.17) is 18.9 Å². The van der Waals surface area contributed by atoms with Crippen LogP contribution in [0.25, 0.3) is 0 Å². The molecular formula is C90H173NO8. The van der Waals surface area contributed by atoms with Crippen molar-refractivity contribution < 1.29 is 42.9 Å². The van der Waals surface area contributed by atoms with E-state index in [1.807, 2.05) is 21.1 Å². The second-order valence-corrected chi connectivity index (χ2v) is 31.9. The molecule has 0 aromatic heterocycles. The molecule has 0 N–H and O–H groups in total. The largest absolute Gasteiger partial charge is 0.545 e. The molecule has 0 bridgehead atoms. The number of hydrogen-bond acceptors (Lipinski definition) is 8.